The highest BCUT2D eigenvalue weighted by Gasteiger charge is 2.43. The number of anilines is 2. The molecule has 1 amide bonds. The summed E-state index contributed by atoms with van der Waals surface area (Å²) in [6.07, 6.45) is 3.96. The molecule has 3 fully saturated rings. The second-order valence-corrected chi connectivity index (χ2v) is 10.2. The number of rotatable bonds is 7. The molecule has 192 valence electrons. The molecule has 2 saturated carbocycles. The summed E-state index contributed by atoms with van der Waals surface area (Å²) in [5.41, 5.74) is 2.20. The summed E-state index contributed by atoms with van der Waals surface area (Å²) in [6, 6.07) is 3.65. The second-order valence-electron chi connectivity index (χ2n) is 10.2. The lowest BCUT2D eigenvalue weighted by Gasteiger charge is -2.25. The van der Waals surface area contributed by atoms with E-state index in [1.807, 2.05) is 23.6 Å². The Hall–Kier alpha value is -3.25. The van der Waals surface area contributed by atoms with Crippen molar-refractivity contribution in [2.24, 2.45) is 0 Å². The molecule has 3 aromatic rings. The number of imidazole rings is 1. The number of alkyl halides is 1. The number of hydrogen-bond acceptors (Lipinski definition) is 8. The zero-order valence-electron chi connectivity index (χ0n) is 20.2. The molecule has 36 heavy (non-hydrogen) atoms. The van der Waals surface area contributed by atoms with Gasteiger partial charge >= 0.3 is 6.09 Å². The molecule has 11 nitrogen and oxygen atoms in total. The van der Waals surface area contributed by atoms with Gasteiger partial charge < -0.3 is 20.1 Å². The highest BCUT2D eigenvalue weighted by Crippen LogP contribution is 2.39. The molecule has 1 saturated heterocycles. The number of halogens is 1. The Morgan fingerprint density at radius 1 is 1.33 bits per heavy atom. The normalized spacial score (nSPS) is 25.7. The number of aromatic nitrogens is 5. The fraction of sp³-hybridized carbons (Fsp3) is 0.583. The van der Waals surface area contributed by atoms with Crippen molar-refractivity contribution in [1.82, 2.24) is 34.8 Å². The predicted octanol–water partition coefficient (Wildman–Crippen LogP) is 2.89. The number of fused-ring (bicyclic) bond motifs is 1. The van der Waals surface area contributed by atoms with Crippen LogP contribution < -0.4 is 10.6 Å². The van der Waals surface area contributed by atoms with E-state index in [0.717, 1.165) is 57.0 Å². The lowest BCUT2D eigenvalue weighted by molar-refractivity contribution is 0.0337. The maximum atomic E-state index is 15.2. The maximum absolute atomic E-state index is 15.2. The average molecular weight is 499 g/mol. The first-order valence-corrected chi connectivity index (χ1v) is 12.5. The molecule has 0 aromatic carbocycles. The molecule has 1 aliphatic heterocycles. The van der Waals surface area contributed by atoms with Crippen molar-refractivity contribution < 1.29 is 18.7 Å². The van der Waals surface area contributed by atoms with Crippen molar-refractivity contribution in [1.29, 1.82) is 0 Å². The molecule has 3 aliphatic rings. The Labute approximate surface area is 207 Å². The molecule has 6 rings (SSSR count). The van der Waals surface area contributed by atoms with Crippen LogP contribution in [0.4, 0.5) is 21.0 Å². The van der Waals surface area contributed by atoms with Crippen molar-refractivity contribution in [3.05, 3.63) is 35.9 Å². The van der Waals surface area contributed by atoms with E-state index in [1.54, 1.807) is 12.3 Å². The van der Waals surface area contributed by atoms with E-state index in [4.69, 9.17) is 14.5 Å². The van der Waals surface area contributed by atoms with Gasteiger partial charge in [-0.2, -0.15) is 5.10 Å². The Bertz CT molecular complexity index is 1240. The zero-order chi connectivity index (χ0) is 24.7. The van der Waals surface area contributed by atoms with Crippen LogP contribution in [0.25, 0.3) is 5.65 Å². The van der Waals surface area contributed by atoms with Crippen LogP contribution in [0.5, 0.6) is 0 Å². The third kappa shape index (κ3) is 4.87. The van der Waals surface area contributed by atoms with Gasteiger partial charge in [0.2, 0.25) is 5.95 Å². The lowest BCUT2D eigenvalue weighted by atomic mass is 10.0. The summed E-state index contributed by atoms with van der Waals surface area (Å²) in [5.74, 6) is 0.685. The van der Waals surface area contributed by atoms with Crippen molar-refractivity contribution in [2.75, 3.05) is 31.6 Å². The van der Waals surface area contributed by atoms with E-state index in [9.17, 15) is 4.79 Å². The van der Waals surface area contributed by atoms with Gasteiger partial charge in [-0.25, -0.2) is 19.2 Å². The van der Waals surface area contributed by atoms with Crippen LogP contribution in [0, 0.1) is 0 Å². The highest BCUT2D eigenvalue weighted by atomic mass is 19.1. The largest absolute Gasteiger partial charge is 0.443 e. The number of morpholine rings is 1. The molecule has 2 aliphatic carbocycles. The molecule has 12 heteroatoms. The predicted molar refractivity (Wildman–Crippen MR) is 129 cm³/mol. The molecular weight excluding hydrogens is 467 g/mol. The number of nitrogens with one attached hydrogen (secondary N) is 3. The average Bonchev–Trinajstić information content (AvgIpc) is 3.20. The van der Waals surface area contributed by atoms with Crippen LogP contribution >= 0.6 is 0 Å². The number of carbonyl (C=O) groups excluding carboxylic acids is 1. The minimum Gasteiger partial charge on any atom is -0.443 e. The molecular formula is C24H31FN8O3. The zero-order valence-corrected chi connectivity index (χ0v) is 20.2. The SMILES string of the molecule is CC1(NC(=O)O[C@H]2CC[C@@H](c3cc(Nc4nccc5nc(CN6CCOCC6)cn45)n[nH]3)[C@@H]2F)CC1. The summed E-state index contributed by atoms with van der Waals surface area (Å²) < 4.78 is 27.9. The number of hydrogen-bond donors (Lipinski definition) is 3. The molecule has 0 bridgehead atoms. The number of nitrogens with zero attached hydrogens (tertiary/aromatic N) is 5. The van der Waals surface area contributed by atoms with E-state index in [-0.39, 0.29) is 5.54 Å². The molecule has 3 aromatic heterocycles. The van der Waals surface area contributed by atoms with E-state index < -0.39 is 24.3 Å². The van der Waals surface area contributed by atoms with Crippen molar-refractivity contribution in [3.63, 3.8) is 0 Å². The number of aromatic amines is 1. The third-order valence-corrected chi connectivity index (χ3v) is 7.32. The van der Waals surface area contributed by atoms with Crippen LogP contribution in [0.1, 0.15) is 49.9 Å². The van der Waals surface area contributed by atoms with Gasteiger partial charge in [0.05, 0.1) is 18.9 Å². The fourth-order valence-corrected chi connectivity index (χ4v) is 4.93. The van der Waals surface area contributed by atoms with Gasteiger partial charge in [-0.15, -0.1) is 0 Å². The van der Waals surface area contributed by atoms with Gasteiger partial charge in [0, 0.05) is 55.2 Å². The van der Waals surface area contributed by atoms with Gasteiger partial charge in [0.25, 0.3) is 0 Å². The first-order chi connectivity index (χ1) is 17.5. The van der Waals surface area contributed by atoms with Crippen molar-refractivity contribution >= 4 is 23.5 Å². The van der Waals surface area contributed by atoms with Gasteiger partial charge in [0.15, 0.2) is 5.82 Å². The summed E-state index contributed by atoms with van der Waals surface area (Å²) in [7, 11) is 0. The molecule has 3 N–H and O–H groups in total. The maximum Gasteiger partial charge on any atom is 0.407 e. The monoisotopic (exact) mass is 498 g/mol. The van der Waals surface area contributed by atoms with Crippen LogP contribution in [-0.4, -0.2) is 79.7 Å². The first-order valence-electron chi connectivity index (χ1n) is 12.5. The third-order valence-electron chi connectivity index (χ3n) is 7.32. The minimum atomic E-state index is -1.30. The molecule has 3 atom stereocenters. The topological polar surface area (TPSA) is 122 Å². The molecule has 0 spiro atoms. The number of ether oxygens (including phenoxy) is 2. The Kier molecular flexibility index (Phi) is 6.00. The van der Waals surface area contributed by atoms with Gasteiger partial charge in [0.1, 0.15) is 17.9 Å². The number of alkyl carbamates (subject to hydrolysis) is 1. The number of carbonyl (C=O) groups is 1. The lowest BCUT2D eigenvalue weighted by Crippen LogP contribution is -2.38. The van der Waals surface area contributed by atoms with Crippen molar-refractivity contribution in [3.8, 4) is 0 Å². The quantitative estimate of drug-likeness (QED) is 0.455. The van der Waals surface area contributed by atoms with Crippen molar-refractivity contribution in [2.45, 2.75) is 62.9 Å². The van der Waals surface area contributed by atoms with Crippen LogP contribution in [0.3, 0.4) is 0 Å². The fourth-order valence-electron chi connectivity index (χ4n) is 4.93. The van der Waals surface area contributed by atoms with Gasteiger partial charge in [-0.05, 0) is 38.7 Å². The molecule has 0 radical (unpaired) electrons. The van der Waals surface area contributed by atoms with E-state index >= 15 is 4.39 Å². The number of amides is 1. The van der Waals surface area contributed by atoms with Crippen LogP contribution in [0.15, 0.2) is 24.5 Å². The summed E-state index contributed by atoms with van der Waals surface area (Å²) in [5, 5.41) is 13.3. The Morgan fingerprint density at radius 2 is 2.17 bits per heavy atom. The molecule has 4 heterocycles. The first kappa shape index (κ1) is 23.2. The van der Waals surface area contributed by atoms with Crippen LogP contribution in [-0.2, 0) is 16.0 Å². The summed E-state index contributed by atoms with van der Waals surface area (Å²) >= 11 is 0. The minimum absolute atomic E-state index is 0.194. The molecule has 0 unspecified atom stereocenters. The van der Waals surface area contributed by atoms with Gasteiger partial charge in [-0.3, -0.25) is 14.4 Å². The smallest absolute Gasteiger partial charge is 0.407 e. The van der Waals surface area contributed by atoms with E-state index in [2.05, 4.69) is 30.7 Å². The second kappa shape index (κ2) is 9.32. The summed E-state index contributed by atoms with van der Waals surface area (Å²) in [4.78, 5) is 23.6. The summed E-state index contributed by atoms with van der Waals surface area (Å²) in [6.45, 7) is 5.96. The Balaban J connectivity index is 1.11. The van der Waals surface area contributed by atoms with Crippen LogP contribution in [0.2, 0.25) is 0 Å². The highest BCUT2D eigenvalue weighted by molar-refractivity contribution is 5.69. The Morgan fingerprint density at radius 3 is 2.97 bits per heavy atom. The standard InChI is InChI=1S/C24H31FN8O3/c1-24(5-6-24)29-23(34)36-18-3-2-16(21(18)25)17-12-19(31-30-17)28-22-26-7-4-20-27-15(14-33(20)22)13-32-8-10-35-11-9-32/h4,7,12,14,16,18,21H,2-3,5-6,8-11,13H2,1H3,(H,29,34)(H2,26,28,30,31)/t16-,18-,21-/m0/s1. The van der Waals surface area contributed by atoms with Gasteiger partial charge in [-0.1, -0.05) is 0 Å². The van der Waals surface area contributed by atoms with E-state index in [0.29, 0.717) is 30.3 Å². The van der Waals surface area contributed by atoms with E-state index in [1.165, 1.54) is 0 Å². The number of H-pyrrole nitrogens is 1.